The molecule has 2 aliphatic rings. The number of likely N-dealkylation sites (tertiary alicyclic amines) is 2. The van der Waals surface area contributed by atoms with Crippen molar-refractivity contribution in [1.82, 2.24) is 25.1 Å². The van der Waals surface area contributed by atoms with Crippen LogP contribution in [0.5, 0.6) is 0 Å². The molecule has 2 amide bonds. The third-order valence-electron chi connectivity index (χ3n) is 5.92. The second kappa shape index (κ2) is 8.30. The smallest absolute Gasteiger partial charge is 0.317 e. The summed E-state index contributed by atoms with van der Waals surface area (Å²) < 4.78 is 0. The lowest BCUT2D eigenvalue weighted by atomic mass is 9.98. The molecule has 1 atom stereocenters. The SMILES string of the molecule is Cc1cccc2[nH]c(CCNC(=O)N3CCCC(CN4CCCC4)C3)nc12. The zero-order chi connectivity index (χ0) is 18.6. The number of benzene rings is 1. The first kappa shape index (κ1) is 18.3. The van der Waals surface area contributed by atoms with Crippen LogP contribution in [0.3, 0.4) is 0 Å². The van der Waals surface area contributed by atoms with Crippen LogP contribution in [0, 0.1) is 12.8 Å². The fraction of sp³-hybridized carbons (Fsp3) is 0.619. The molecular weight excluding hydrogens is 338 g/mol. The van der Waals surface area contributed by atoms with Crippen LogP contribution in [-0.2, 0) is 6.42 Å². The molecule has 4 rings (SSSR count). The van der Waals surface area contributed by atoms with Crippen molar-refractivity contribution in [2.75, 3.05) is 39.3 Å². The van der Waals surface area contributed by atoms with Crippen LogP contribution in [0.25, 0.3) is 11.0 Å². The summed E-state index contributed by atoms with van der Waals surface area (Å²) in [7, 11) is 0. The second-order valence-electron chi connectivity index (χ2n) is 8.10. The zero-order valence-electron chi connectivity index (χ0n) is 16.3. The average molecular weight is 370 g/mol. The maximum absolute atomic E-state index is 12.6. The second-order valence-corrected chi connectivity index (χ2v) is 8.10. The third kappa shape index (κ3) is 4.43. The quantitative estimate of drug-likeness (QED) is 0.852. The van der Waals surface area contributed by atoms with Gasteiger partial charge in [0.15, 0.2) is 0 Å². The number of hydrogen-bond acceptors (Lipinski definition) is 3. The first-order valence-electron chi connectivity index (χ1n) is 10.4. The summed E-state index contributed by atoms with van der Waals surface area (Å²) >= 11 is 0. The Bertz CT molecular complexity index is 780. The molecule has 0 radical (unpaired) electrons. The molecule has 6 heteroatoms. The molecule has 2 aromatic rings. The maximum atomic E-state index is 12.6. The first-order chi connectivity index (χ1) is 13.2. The Morgan fingerprint density at radius 1 is 1.26 bits per heavy atom. The number of nitrogens with one attached hydrogen (secondary N) is 2. The van der Waals surface area contributed by atoms with Crippen molar-refractivity contribution in [3.05, 3.63) is 29.6 Å². The molecule has 27 heavy (non-hydrogen) atoms. The highest BCUT2D eigenvalue weighted by atomic mass is 16.2. The zero-order valence-corrected chi connectivity index (χ0v) is 16.3. The van der Waals surface area contributed by atoms with Crippen molar-refractivity contribution in [2.45, 2.75) is 39.0 Å². The van der Waals surface area contributed by atoms with Crippen LogP contribution in [0.2, 0.25) is 0 Å². The lowest BCUT2D eigenvalue weighted by Gasteiger charge is -2.34. The summed E-state index contributed by atoms with van der Waals surface area (Å²) in [6.07, 6.45) is 5.76. The minimum Gasteiger partial charge on any atom is -0.342 e. The summed E-state index contributed by atoms with van der Waals surface area (Å²) in [5, 5.41) is 3.09. The maximum Gasteiger partial charge on any atom is 0.317 e. The van der Waals surface area contributed by atoms with Gasteiger partial charge in [-0.1, -0.05) is 12.1 Å². The number of imidazole rings is 1. The molecule has 1 aromatic carbocycles. The van der Waals surface area contributed by atoms with Crippen molar-refractivity contribution >= 4 is 17.1 Å². The van der Waals surface area contributed by atoms with E-state index >= 15 is 0 Å². The topological polar surface area (TPSA) is 64.3 Å². The number of carbonyl (C=O) groups excluding carboxylic acids is 1. The van der Waals surface area contributed by atoms with Crippen molar-refractivity contribution < 1.29 is 4.79 Å². The van der Waals surface area contributed by atoms with Crippen molar-refractivity contribution in [3.8, 4) is 0 Å². The van der Waals surface area contributed by atoms with Gasteiger partial charge in [0.05, 0.1) is 11.0 Å². The van der Waals surface area contributed by atoms with Gasteiger partial charge in [0.25, 0.3) is 0 Å². The van der Waals surface area contributed by atoms with E-state index in [9.17, 15) is 4.79 Å². The van der Waals surface area contributed by atoms with Gasteiger partial charge in [-0.2, -0.15) is 0 Å². The molecule has 6 nitrogen and oxygen atoms in total. The Balaban J connectivity index is 1.25. The van der Waals surface area contributed by atoms with Crippen LogP contribution < -0.4 is 5.32 Å². The number of aromatic amines is 1. The van der Waals surface area contributed by atoms with Gasteiger partial charge in [0, 0.05) is 32.6 Å². The van der Waals surface area contributed by atoms with Gasteiger partial charge in [-0.15, -0.1) is 0 Å². The van der Waals surface area contributed by atoms with E-state index in [1.54, 1.807) is 0 Å². The van der Waals surface area contributed by atoms with Crippen LogP contribution in [0.4, 0.5) is 4.79 Å². The van der Waals surface area contributed by atoms with E-state index in [1.165, 1.54) is 37.9 Å². The molecule has 0 bridgehead atoms. The van der Waals surface area contributed by atoms with Crippen molar-refractivity contribution in [3.63, 3.8) is 0 Å². The first-order valence-corrected chi connectivity index (χ1v) is 10.4. The molecule has 0 spiro atoms. The van der Waals surface area contributed by atoms with Gasteiger partial charge in [-0.3, -0.25) is 0 Å². The molecular formula is C21H31N5O. The molecule has 0 saturated carbocycles. The monoisotopic (exact) mass is 369 g/mol. The molecule has 2 saturated heterocycles. The predicted octanol–water partition coefficient (Wildman–Crippen LogP) is 2.93. The van der Waals surface area contributed by atoms with E-state index in [4.69, 9.17) is 0 Å². The van der Waals surface area contributed by atoms with Crippen LogP contribution in [0.15, 0.2) is 18.2 Å². The lowest BCUT2D eigenvalue weighted by Crippen LogP contribution is -2.47. The highest BCUT2D eigenvalue weighted by molar-refractivity contribution is 5.78. The molecule has 3 heterocycles. The Morgan fingerprint density at radius 3 is 2.93 bits per heavy atom. The van der Waals surface area contributed by atoms with Crippen LogP contribution in [-0.4, -0.2) is 65.1 Å². The summed E-state index contributed by atoms with van der Waals surface area (Å²) in [5.41, 5.74) is 3.27. The summed E-state index contributed by atoms with van der Waals surface area (Å²) in [4.78, 5) is 25.2. The number of hydrogen-bond donors (Lipinski definition) is 2. The molecule has 146 valence electrons. The molecule has 0 aliphatic carbocycles. The predicted molar refractivity (Wildman–Crippen MR) is 108 cm³/mol. The van der Waals surface area contributed by atoms with Crippen molar-refractivity contribution in [1.29, 1.82) is 0 Å². The van der Waals surface area contributed by atoms with Gasteiger partial charge in [-0.05, 0) is 63.2 Å². The summed E-state index contributed by atoms with van der Waals surface area (Å²) in [6, 6.07) is 6.24. The Labute approximate surface area is 161 Å². The fourth-order valence-corrected chi connectivity index (χ4v) is 4.47. The highest BCUT2D eigenvalue weighted by Gasteiger charge is 2.25. The minimum atomic E-state index is 0.0772. The molecule has 2 fully saturated rings. The molecule has 1 unspecified atom stereocenters. The number of rotatable bonds is 5. The standard InChI is InChI=1S/C21H31N5O/c1-16-6-4-8-18-20(16)24-19(23-18)9-10-22-21(27)26-13-5-7-17(15-26)14-25-11-2-3-12-25/h4,6,8,17H,2-3,5,7,9-15H2,1H3,(H,22,27)(H,23,24). The summed E-state index contributed by atoms with van der Waals surface area (Å²) in [6.45, 7) is 8.09. The number of piperidine rings is 1. The van der Waals surface area contributed by atoms with Gasteiger partial charge in [0.2, 0.25) is 0 Å². The third-order valence-corrected chi connectivity index (χ3v) is 5.92. The molecule has 2 aliphatic heterocycles. The average Bonchev–Trinajstić information content (AvgIpc) is 3.32. The van der Waals surface area contributed by atoms with Crippen molar-refractivity contribution in [2.24, 2.45) is 5.92 Å². The minimum absolute atomic E-state index is 0.0772. The van der Waals surface area contributed by atoms with Gasteiger partial charge in [0.1, 0.15) is 5.82 Å². The van der Waals surface area contributed by atoms with Gasteiger partial charge in [-0.25, -0.2) is 9.78 Å². The van der Waals surface area contributed by atoms with E-state index in [0.717, 1.165) is 49.3 Å². The molecule has 1 aromatic heterocycles. The fourth-order valence-electron chi connectivity index (χ4n) is 4.47. The number of nitrogens with zero attached hydrogens (tertiary/aromatic N) is 3. The molecule has 2 N–H and O–H groups in total. The van der Waals surface area contributed by atoms with E-state index in [2.05, 4.69) is 33.2 Å². The Kier molecular flexibility index (Phi) is 5.62. The Morgan fingerprint density at radius 2 is 2.11 bits per heavy atom. The van der Waals surface area contributed by atoms with Crippen LogP contribution >= 0.6 is 0 Å². The number of fused-ring (bicyclic) bond motifs is 1. The lowest BCUT2D eigenvalue weighted by molar-refractivity contribution is 0.147. The number of amides is 2. The van der Waals surface area contributed by atoms with Crippen LogP contribution in [0.1, 0.15) is 37.1 Å². The van der Waals surface area contributed by atoms with E-state index in [-0.39, 0.29) is 6.03 Å². The number of aromatic nitrogens is 2. The number of carbonyl (C=O) groups is 1. The Hall–Kier alpha value is -2.08. The number of urea groups is 1. The summed E-state index contributed by atoms with van der Waals surface area (Å²) in [5.74, 6) is 1.56. The van der Waals surface area contributed by atoms with Gasteiger partial charge >= 0.3 is 6.03 Å². The highest BCUT2D eigenvalue weighted by Crippen LogP contribution is 2.20. The van der Waals surface area contributed by atoms with E-state index in [1.807, 2.05) is 17.0 Å². The van der Waals surface area contributed by atoms with Gasteiger partial charge < -0.3 is 20.1 Å². The number of aryl methyl sites for hydroxylation is 1. The number of para-hydroxylation sites is 1. The van der Waals surface area contributed by atoms with E-state index < -0.39 is 0 Å². The number of H-pyrrole nitrogens is 1. The van der Waals surface area contributed by atoms with E-state index in [0.29, 0.717) is 12.5 Å². The largest absolute Gasteiger partial charge is 0.342 e. The normalized spacial score (nSPS) is 21.1.